The molecule has 11 heteroatoms. The van der Waals surface area contributed by atoms with Crippen LogP contribution in [0.15, 0.2) is 54.6 Å². The molecule has 1 amide bonds. The Kier molecular flexibility index (Phi) is 8.35. The van der Waals surface area contributed by atoms with Gasteiger partial charge in [0, 0.05) is 54.9 Å². The first-order chi connectivity index (χ1) is 19.8. The van der Waals surface area contributed by atoms with Gasteiger partial charge in [-0.2, -0.15) is 13.2 Å². The first-order valence-electron chi connectivity index (χ1n) is 14.1. The van der Waals surface area contributed by atoms with Crippen LogP contribution in [-0.2, 0) is 28.4 Å². The molecule has 2 heterocycles. The highest BCUT2D eigenvalue weighted by molar-refractivity contribution is 7.88. The van der Waals surface area contributed by atoms with E-state index in [2.05, 4.69) is 26.7 Å². The van der Waals surface area contributed by atoms with Crippen LogP contribution in [0.25, 0.3) is 0 Å². The summed E-state index contributed by atoms with van der Waals surface area (Å²) >= 11 is 0. The zero-order valence-electron chi connectivity index (χ0n) is 23.9. The second kappa shape index (κ2) is 11.7. The molecular weight excluding hydrogens is 565 g/mol. The Morgan fingerprint density at radius 1 is 1.02 bits per heavy atom. The van der Waals surface area contributed by atoms with Crippen LogP contribution < -0.4 is 9.62 Å². The number of hydrogen-bond donors (Lipinski definition) is 1. The van der Waals surface area contributed by atoms with Gasteiger partial charge in [0.05, 0.1) is 11.3 Å². The Hall–Kier alpha value is -3.44. The molecule has 0 spiro atoms. The minimum Gasteiger partial charge on any atom is -0.371 e. The minimum atomic E-state index is -4.65. The van der Waals surface area contributed by atoms with Crippen LogP contribution in [0.1, 0.15) is 69.3 Å². The van der Waals surface area contributed by atoms with Gasteiger partial charge in [0.25, 0.3) is 5.91 Å². The molecule has 42 heavy (non-hydrogen) atoms. The maximum Gasteiger partial charge on any atom is 0.416 e. The van der Waals surface area contributed by atoms with Gasteiger partial charge in [0.15, 0.2) is 0 Å². The number of sulfonamides is 1. The maximum absolute atomic E-state index is 13.5. The van der Waals surface area contributed by atoms with E-state index in [0.717, 1.165) is 54.6 Å². The summed E-state index contributed by atoms with van der Waals surface area (Å²) in [5.41, 5.74) is 3.91. The second-order valence-electron chi connectivity index (χ2n) is 11.3. The lowest BCUT2D eigenvalue weighted by molar-refractivity contribution is -0.138. The number of aromatic nitrogens is 1. The standard InChI is InChI=1S/C31H35F3N4O3S/c1-20-16-26(17-21(2)35-20)38-14-12-25(13-15-38)37(3)30(39)23-9-8-22-10-11-29(27(22)18-23)36-42(40,41)19-24-6-4-5-7-28(24)31(32,33)34/h4-9,16-18,25,29,36H,10-15,19H2,1-3H3. The number of halogens is 3. The molecule has 1 fully saturated rings. The molecule has 0 radical (unpaired) electrons. The van der Waals surface area contributed by atoms with Crippen LogP contribution in [0.3, 0.4) is 0 Å². The normalized spacial score (nSPS) is 17.8. The van der Waals surface area contributed by atoms with E-state index in [1.54, 1.807) is 24.1 Å². The quantitative estimate of drug-likeness (QED) is 0.384. The van der Waals surface area contributed by atoms with Crippen molar-refractivity contribution in [3.8, 4) is 0 Å². The molecule has 1 aromatic heterocycles. The van der Waals surface area contributed by atoms with Crippen LogP contribution in [-0.4, -0.2) is 50.4 Å². The minimum absolute atomic E-state index is 0.0639. The Bertz CT molecular complexity index is 1560. The predicted molar refractivity (Wildman–Crippen MR) is 156 cm³/mol. The number of nitrogens with one attached hydrogen (secondary N) is 1. The molecule has 1 atom stereocenters. The van der Waals surface area contributed by atoms with E-state index in [0.29, 0.717) is 24.0 Å². The number of nitrogens with zero attached hydrogens (tertiary/aromatic N) is 3. The summed E-state index contributed by atoms with van der Waals surface area (Å²) in [4.78, 5) is 22.0. The topological polar surface area (TPSA) is 82.6 Å². The number of fused-ring (bicyclic) bond motifs is 1. The van der Waals surface area contributed by atoms with Crippen molar-refractivity contribution in [2.75, 3.05) is 25.0 Å². The lowest BCUT2D eigenvalue weighted by Gasteiger charge is -2.38. The highest BCUT2D eigenvalue weighted by atomic mass is 32.2. The van der Waals surface area contributed by atoms with E-state index in [9.17, 15) is 26.4 Å². The number of hydrogen-bond acceptors (Lipinski definition) is 5. The van der Waals surface area contributed by atoms with Gasteiger partial charge in [0.2, 0.25) is 10.0 Å². The van der Waals surface area contributed by atoms with Gasteiger partial charge in [0.1, 0.15) is 0 Å². The number of carbonyl (C=O) groups is 1. The zero-order valence-corrected chi connectivity index (χ0v) is 24.7. The fourth-order valence-electron chi connectivity index (χ4n) is 6.12. The number of aryl methyl sites for hydroxylation is 3. The summed E-state index contributed by atoms with van der Waals surface area (Å²) in [5, 5.41) is 0. The summed E-state index contributed by atoms with van der Waals surface area (Å²) < 4.78 is 68.8. The summed E-state index contributed by atoms with van der Waals surface area (Å²) in [6, 6.07) is 13.6. The van der Waals surface area contributed by atoms with Crippen molar-refractivity contribution in [1.82, 2.24) is 14.6 Å². The fraction of sp³-hybridized carbons (Fsp3) is 0.419. The molecule has 0 bridgehead atoms. The summed E-state index contributed by atoms with van der Waals surface area (Å²) in [5.74, 6) is -0.924. The molecule has 5 rings (SSSR count). The average molecular weight is 601 g/mol. The van der Waals surface area contributed by atoms with Crippen molar-refractivity contribution in [1.29, 1.82) is 0 Å². The van der Waals surface area contributed by atoms with E-state index in [1.165, 1.54) is 18.2 Å². The van der Waals surface area contributed by atoms with Crippen molar-refractivity contribution in [2.24, 2.45) is 0 Å². The van der Waals surface area contributed by atoms with E-state index in [4.69, 9.17) is 0 Å². The molecule has 1 N–H and O–H groups in total. The molecule has 3 aromatic rings. The molecule has 2 aliphatic rings. The Morgan fingerprint density at radius 2 is 1.69 bits per heavy atom. The van der Waals surface area contributed by atoms with Crippen molar-refractivity contribution in [3.63, 3.8) is 0 Å². The smallest absolute Gasteiger partial charge is 0.371 e. The Labute approximate surface area is 244 Å². The van der Waals surface area contributed by atoms with Gasteiger partial charge in [-0.15, -0.1) is 0 Å². The van der Waals surface area contributed by atoms with Crippen LogP contribution >= 0.6 is 0 Å². The van der Waals surface area contributed by atoms with Crippen molar-refractivity contribution in [3.05, 3.63) is 93.8 Å². The van der Waals surface area contributed by atoms with Crippen molar-refractivity contribution >= 4 is 21.6 Å². The third kappa shape index (κ3) is 6.62. The molecule has 1 unspecified atom stereocenters. The Morgan fingerprint density at radius 3 is 2.36 bits per heavy atom. The number of alkyl halides is 3. The third-order valence-electron chi connectivity index (χ3n) is 8.22. The highest BCUT2D eigenvalue weighted by Gasteiger charge is 2.35. The fourth-order valence-corrected chi connectivity index (χ4v) is 7.54. The second-order valence-corrected chi connectivity index (χ2v) is 13.0. The molecule has 2 aromatic carbocycles. The zero-order chi connectivity index (χ0) is 30.2. The van der Waals surface area contributed by atoms with Gasteiger partial charge < -0.3 is 9.80 Å². The van der Waals surface area contributed by atoms with Gasteiger partial charge in [-0.1, -0.05) is 24.3 Å². The number of benzene rings is 2. The average Bonchev–Trinajstić information content (AvgIpc) is 3.32. The SMILES string of the molecule is Cc1cc(N2CCC(N(C)C(=O)c3ccc4c(c3)C(NS(=O)(=O)Cc3ccccc3C(F)(F)F)CC4)CC2)cc(C)n1. The van der Waals surface area contributed by atoms with Crippen LogP contribution in [0, 0.1) is 13.8 Å². The Balaban J connectivity index is 1.25. The molecule has 1 saturated heterocycles. The first-order valence-corrected chi connectivity index (χ1v) is 15.7. The van der Waals surface area contributed by atoms with E-state index < -0.39 is 33.6 Å². The molecule has 224 valence electrons. The number of pyridine rings is 1. The number of piperidine rings is 1. The lowest BCUT2D eigenvalue weighted by Crippen LogP contribution is -2.45. The maximum atomic E-state index is 13.5. The largest absolute Gasteiger partial charge is 0.416 e. The summed E-state index contributed by atoms with van der Waals surface area (Å²) in [7, 11) is -2.30. The first kappa shape index (κ1) is 30.0. The van der Waals surface area contributed by atoms with E-state index in [-0.39, 0.29) is 17.5 Å². The predicted octanol–water partition coefficient (Wildman–Crippen LogP) is 5.57. The molecule has 0 saturated carbocycles. The summed E-state index contributed by atoms with van der Waals surface area (Å²) in [6.07, 6.45) is -1.94. The van der Waals surface area contributed by atoms with Gasteiger partial charge in [-0.25, -0.2) is 13.1 Å². The third-order valence-corrected chi connectivity index (χ3v) is 9.56. The number of anilines is 1. The summed E-state index contributed by atoms with van der Waals surface area (Å²) in [6.45, 7) is 5.59. The van der Waals surface area contributed by atoms with Crippen molar-refractivity contribution in [2.45, 2.75) is 63.5 Å². The molecule has 1 aliphatic heterocycles. The number of rotatable bonds is 7. The van der Waals surface area contributed by atoms with E-state index >= 15 is 0 Å². The van der Waals surface area contributed by atoms with Gasteiger partial charge >= 0.3 is 6.18 Å². The van der Waals surface area contributed by atoms with Crippen molar-refractivity contribution < 1.29 is 26.4 Å². The van der Waals surface area contributed by atoms with E-state index in [1.807, 2.05) is 19.9 Å². The van der Waals surface area contributed by atoms with Crippen LogP contribution in [0.4, 0.5) is 18.9 Å². The highest BCUT2D eigenvalue weighted by Crippen LogP contribution is 2.35. The molecule has 1 aliphatic carbocycles. The number of carbonyl (C=O) groups excluding carboxylic acids is 1. The molecule has 7 nitrogen and oxygen atoms in total. The molecular formula is C31H35F3N4O3S. The van der Waals surface area contributed by atoms with Crippen LogP contribution in [0.2, 0.25) is 0 Å². The van der Waals surface area contributed by atoms with Gasteiger partial charge in [-0.3, -0.25) is 9.78 Å². The monoisotopic (exact) mass is 600 g/mol. The van der Waals surface area contributed by atoms with Crippen LogP contribution in [0.5, 0.6) is 0 Å². The van der Waals surface area contributed by atoms with Gasteiger partial charge in [-0.05, 0) is 86.6 Å². The number of amides is 1. The lowest BCUT2D eigenvalue weighted by atomic mass is 10.00.